The molecular weight excluding hydrogens is 278 g/mol. The molecule has 0 atom stereocenters. The molecule has 2 rings (SSSR count). The predicted octanol–water partition coefficient (Wildman–Crippen LogP) is 2.17. The third kappa shape index (κ3) is 5.48. The van der Waals surface area contributed by atoms with Gasteiger partial charge in [0.05, 0.1) is 13.0 Å². The number of hydrogen-bond donors (Lipinski definition) is 1. The molecule has 1 aromatic rings. The molecular formula is C17H25N3O2. The Kier molecular flexibility index (Phi) is 6.40. The van der Waals surface area contributed by atoms with Gasteiger partial charge in [-0.25, -0.2) is 0 Å². The van der Waals surface area contributed by atoms with Crippen LogP contribution < -0.4 is 4.90 Å². The lowest BCUT2D eigenvalue weighted by molar-refractivity contribution is -0.142. The number of anilines is 1. The topological polar surface area (TPSA) is 56.6 Å². The molecule has 1 aliphatic rings. The van der Waals surface area contributed by atoms with E-state index < -0.39 is 0 Å². The molecule has 5 heteroatoms. The molecule has 0 saturated carbocycles. The first-order chi connectivity index (χ1) is 10.6. The Hall–Kier alpha value is -1.88. The monoisotopic (exact) mass is 303 g/mol. The maximum atomic E-state index is 11.3. The summed E-state index contributed by atoms with van der Waals surface area (Å²) in [4.78, 5) is 16.1. The standard InChI is InChI=1S/C17H25N3O2/c1-15(18)14-17(21)22-13-5-8-19-9-11-20(12-10-19)16-6-3-2-4-7-16/h2-4,6-7,18H,5,8-14H2,1H3. The molecule has 0 spiro atoms. The van der Waals surface area contributed by atoms with Crippen molar-refractivity contribution in [3.63, 3.8) is 0 Å². The summed E-state index contributed by atoms with van der Waals surface area (Å²) in [5.41, 5.74) is 1.64. The van der Waals surface area contributed by atoms with Crippen LogP contribution in [0, 0.1) is 5.41 Å². The van der Waals surface area contributed by atoms with Crippen molar-refractivity contribution in [3.8, 4) is 0 Å². The number of benzene rings is 1. The highest BCUT2D eigenvalue weighted by Crippen LogP contribution is 2.15. The summed E-state index contributed by atoms with van der Waals surface area (Å²) >= 11 is 0. The van der Waals surface area contributed by atoms with E-state index in [2.05, 4.69) is 34.1 Å². The highest BCUT2D eigenvalue weighted by Gasteiger charge is 2.16. The zero-order valence-corrected chi connectivity index (χ0v) is 13.3. The van der Waals surface area contributed by atoms with Crippen LogP contribution in [0.2, 0.25) is 0 Å². The van der Waals surface area contributed by atoms with E-state index >= 15 is 0 Å². The molecule has 0 unspecified atom stereocenters. The fourth-order valence-corrected chi connectivity index (χ4v) is 2.61. The molecule has 0 radical (unpaired) electrons. The van der Waals surface area contributed by atoms with E-state index in [1.54, 1.807) is 6.92 Å². The zero-order valence-electron chi connectivity index (χ0n) is 13.3. The molecule has 1 heterocycles. The minimum atomic E-state index is -0.290. The summed E-state index contributed by atoms with van der Waals surface area (Å²) in [6, 6.07) is 10.5. The van der Waals surface area contributed by atoms with Gasteiger partial charge in [0, 0.05) is 44.1 Å². The SMILES string of the molecule is CC(=N)CC(=O)OCCCN1CCN(c2ccccc2)CC1. The number of nitrogens with zero attached hydrogens (tertiary/aromatic N) is 2. The van der Waals surface area contributed by atoms with Crippen molar-refractivity contribution in [2.75, 3.05) is 44.2 Å². The van der Waals surface area contributed by atoms with E-state index in [9.17, 15) is 4.79 Å². The van der Waals surface area contributed by atoms with Crippen molar-refractivity contribution in [3.05, 3.63) is 30.3 Å². The van der Waals surface area contributed by atoms with Crippen LogP contribution in [-0.4, -0.2) is 55.9 Å². The van der Waals surface area contributed by atoms with Gasteiger partial charge in [0.15, 0.2) is 0 Å². The van der Waals surface area contributed by atoms with Crippen LogP contribution in [0.5, 0.6) is 0 Å². The van der Waals surface area contributed by atoms with Gasteiger partial charge in [0.2, 0.25) is 0 Å². The average Bonchev–Trinajstić information content (AvgIpc) is 2.52. The number of esters is 1. The largest absolute Gasteiger partial charge is 0.465 e. The molecule has 1 N–H and O–H groups in total. The lowest BCUT2D eigenvalue weighted by atomic mass is 10.2. The molecule has 120 valence electrons. The van der Waals surface area contributed by atoms with Gasteiger partial charge in [-0.15, -0.1) is 0 Å². The summed E-state index contributed by atoms with van der Waals surface area (Å²) in [5, 5.41) is 7.24. The molecule has 5 nitrogen and oxygen atoms in total. The van der Waals surface area contributed by atoms with E-state index in [-0.39, 0.29) is 12.4 Å². The minimum absolute atomic E-state index is 0.107. The lowest BCUT2D eigenvalue weighted by Crippen LogP contribution is -2.46. The number of nitrogens with one attached hydrogen (secondary N) is 1. The molecule has 0 amide bonds. The first kappa shape index (κ1) is 16.5. The maximum Gasteiger partial charge on any atom is 0.311 e. The molecule has 1 aromatic carbocycles. The van der Waals surface area contributed by atoms with Gasteiger partial charge in [0.25, 0.3) is 0 Å². The van der Waals surface area contributed by atoms with Gasteiger partial charge in [-0.3, -0.25) is 9.69 Å². The predicted molar refractivity (Wildman–Crippen MR) is 88.7 cm³/mol. The van der Waals surface area contributed by atoms with Crippen LogP contribution in [0.4, 0.5) is 5.69 Å². The molecule has 1 saturated heterocycles. The van der Waals surface area contributed by atoms with Gasteiger partial charge in [-0.1, -0.05) is 18.2 Å². The Balaban J connectivity index is 1.60. The summed E-state index contributed by atoms with van der Waals surface area (Å²) in [6.45, 7) is 7.19. The fourth-order valence-electron chi connectivity index (χ4n) is 2.61. The normalized spacial score (nSPS) is 15.6. The molecule has 0 aliphatic carbocycles. The van der Waals surface area contributed by atoms with Crippen molar-refractivity contribution >= 4 is 17.4 Å². The number of ether oxygens (including phenoxy) is 1. The van der Waals surface area contributed by atoms with Gasteiger partial charge in [-0.05, 0) is 25.5 Å². The maximum absolute atomic E-state index is 11.3. The Morgan fingerprint density at radius 3 is 2.50 bits per heavy atom. The minimum Gasteiger partial charge on any atom is -0.465 e. The third-order valence-corrected chi connectivity index (χ3v) is 3.78. The van der Waals surface area contributed by atoms with Gasteiger partial charge in [-0.2, -0.15) is 0 Å². The highest BCUT2D eigenvalue weighted by atomic mass is 16.5. The number of para-hydroxylation sites is 1. The molecule has 22 heavy (non-hydrogen) atoms. The number of rotatable bonds is 7. The zero-order chi connectivity index (χ0) is 15.8. The molecule has 0 aromatic heterocycles. The first-order valence-corrected chi connectivity index (χ1v) is 7.87. The van der Waals surface area contributed by atoms with Crippen LogP contribution in [0.15, 0.2) is 30.3 Å². The Labute approximate surface area is 132 Å². The second kappa shape index (κ2) is 8.54. The first-order valence-electron chi connectivity index (χ1n) is 7.87. The Morgan fingerprint density at radius 1 is 1.18 bits per heavy atom. The van der Waals surface area contributed by atoms with Crippen LogP contribution in [0.1, 0.15) is 19.8 Å². The Morgan fingerprint density at radius 2 is 1.86 bits per heavy atom. The van der Waals surface area contributed by atoms with Crippen LogP contribution in [0.25, 0.3) is 0 Å². The van der Waals surface area contributed by atoms with Crippen molar-refractivity contribution < 1.29 is 9.53 Å². The van der Waals surface area contributed by atoms with Gasteiger partial charge < -0.3 is 15.0 Å². The summed E-state index contributed by atoms with van der Waals surface area (Å²) in [6.07, 6.45) is 0.962. The fraction of sp³-hybridized carbons (Fsp3) is 0.529. The van der Waals surface area contributed by atoms with Crippen molar-refractivity contribution in [2.24, 2.45) is 0 Å². The van der Waals surface area contributed by atoms with E-state index in [0.29, 0.717) is 12.3 Å². The van der Waals surface area contributed by atoms with E-state index in [4.69, 9.17) is 10.1 Å². The van der Waals surface area contributed by atoms with Crippen LogP contribution in [-0.2, 0) is 9.53 Å². The average molecular weight is 303 g/mol. The van der Waals surface area contributed by atoms with E-state index in [1.165, 1.54) is 5.69 Å². The van der Waals surface area contributed by atoms with Gasteiger partial charge >= 0.3 is 5.97 Å². The van der Waals surface area contributed by atoms with Crippen molar-refractivity contribution in [2.45, 2.75) is 19.8 Å². The third-order valence-electron chi connectivity index (χ3n) is 3.78. The highest BCUT2D eigenvalue weighted by molar-refractivity contribution is 5.95. The number of carbonyl (C=O) groups excluding carboxylic acids is 1. The number of carbonyl (C=O) groups is 1. The van der Waals surface area contributed by atoms with Crippen molar-refractivity contribution in [1.82, 2.24) is 4.90 Å². The number of piperazine rings is 1. The van der Waals surface area contributed by atoms with Crippen LogP contribution in [0.3, 0.4) is 0 Å². The van der Waals surface area contributed by atoms with E-state index in [1.807, 2.05) is 6.07 Å². The Bertz CT molecular complexity index is 482. The van der Waals surface area contributed by atoms with Crippen molar-refractivity contribution in [1.29, 1.82) is 5.41 Å². The summed E-state index contributed by atoms with van der Waals surface area (Å²) in [7, 11) is 0. The second-order valence-electron chi connectivity index (χ2n) is 5.70. The number of hydrogen-bond acceptors (Lipinski definition) is 5. The molecule has 1 fully saturated rings. The van der Waals surface area contributed by atoms with E-state index in [0.717, 1.165) is 39.1 Å². The lowest BCUT2D eigenvalue weighted by Gasteiger charge is -2.36. The van der Waals surface area contributed by atoms with Crippen LogP contribution >= 0.6 is 0 Å². The quantitative estimate of drug-likeness (QED) is 0.476. The second-order valence-corrected chi connectivity index (χ2v) is 5.70. The van der Waals surface area contributed by atoms with Gasteiger partial charge in [0.1, 0.15) is 0 Å². The molecule has 0 bridgehead atoms. The molecule has 1 aliphatic heterocycles. The summed E-state index contributed by atoms with van der Waals surface area (Å²) in [5.74, 6) is -0.290. The summed E-state index contributed by atoms with van der Waals surface area (Å²) < 4.78 is 5.12. The smallest absolute Gasteiger partial charge is 0.311 e.